The topological polar surface area (TPSA) is 66.4 Å². The van der Waals surface area contributed by atoms with Crippen molar-refractivity contribution in [2.24, 2.45) is 5.92 Å². The average molecular weight is 237 g/mol. The van der Waals surface area contributed by atoms with E-state index in [0.717, 1.165) is 38.5 Å². The first-order chi connectivity index (χ1) is 8.11. The number of nitrogens with one attached hydrogen (secondary N) is 1. The number of allylic oxidation sites excluding steroid dienone is 2. The summed E-state index contributed by atoms with van der Waals surface area (Å²) in [5.74, 6) is -0.755. The number of aliphatic carboxylic acids is 1. The molecule has 94 valence electrons. The van der Waals surface area contributed by atoms with E-state index in [-0.39, 0.29) is 18.2 Å². The Morgan fingerprint density at radius 3 is 2.59 bits per heavy atom. The molecule has 2 N–H and O–H groups in total. The van der Waals surface area contributed by atoms with Crippen LogP contribution in [0.15, 0.2) is 12.2 Å². The van der Waals surface area contributed by atoms with E-state index in [2.05, 4.69) is 11.4 Å². The molecule has 0 saturated heterocycles. The molecular formula is C13H19NO3. The molecule has 2 aliphatic carbocycles. The molecule has 4 nitrogen and oxygen atoms in total. The second-order valence-corrected chi connectivity index (χ2v) is 5.18. The van der Waals surface area contributed by atoms with Gasteiger partial charge < -0.3 is 10.4 Å². The lowest BCUT2D eigenvalue weighted by Crippen LogP contribution is -2.56. The van der Waals surface area contributed by atoms with Gasteiger partial charge in [0.05, 0.1) is 12.0 Å². The summed E-state index contributed by atoms with van der Waals surface area (Å²) in [6, 6.07) is 0. The highest BCUT2D eigenvalue weighted by atomic mass is 16.4. The number of amides is 1. The number of carbonyl (C=O) groups excluding carboxylic acids is 1. The Kier molecular flexibility index (Phi) is 3.50. The van der Waals surface area contributed by atoms with E-state index in [1.165, 1.54) is 0 Å². The van der Waals surface area contributed by atoms with Crippen LogP contribution in [0.2, 0.25) is 0 Å². The van der Waals surface area contributed by atoms with Crippen LogP contribution in [0.5, 0.6) is 0 Å². The molecule has 2 aliphatic rings. The number of hydrogen-bond donors (Lipinski definition) is 2. The van der Waals surface area contributed by atoms with Gasteiger partial charge in [0, 0.05) is 5.92 Å². The van der Waals surface area contributed by atoms with Gasteiger partial charge in [-0.3, -0.25) is 9.59 Å². The highest BCUT2D eigenvalue weighted by Gasteiger charge is 2.41. The second-order valence-electron chi connectivity index (χ2n) is 5.18. The Morgan fingerprint density at radius 2 is 2.12 bits per heavy atom. The van der Waals surface area contributed by atoms with Crippen LogP contribution < -0.4 is 5.32 Å². The molecule has 1 saturated carbocycles. The van der Waals surface area contributed by atoms with E-state index in [9.17, 15) is 9.59 Å². The standard InChI is InChI=1S/C13H19NO3/c15-11(16)9-13(7-4-8-13)14-12(17)10-5-2-1-3-6-10/h1-2,10H,3-9H2,(H,14,17)(H,15,16). The number of carbonyl (C=O) groups is 2. The van der Waals surface area contributed by atoms with Crippen molar-refractivity contribution in [1.82, 2.24) is 5.32 Å². The van der Waals surface area contributed by atoms with Gasteiger partial charge in [0.25, 0.3) is 0 Å². The number of carboxylic acids is 1. The lowest BCUT2D eigenvalue weighted by atomic mass is 9.74. The Hall–Kier alpha value is -1.32. The summed E-state index contributed by atoms with van der Waals surface area (Å²) < 4.78 is 0. The monoisotopic (exact) mass is 237 g/mol. The molecule has 1 atom stereocenters. The summed E-state index contributed by atoms with van der Waals surface area (Å²) in [6.45, 7) is 0. The summed E-state index contributed by atoms with van der Waals surface area (Å²) in [6.07, 6.45) is 9.42. The highest BCUT2D eigenvalue weighted by Crippen LogP contribution is 2.35. The maximum absolute atomic E-state index is 12.1. The van der Waals surface area contributed by atoms with Gasteiger partial charge in [-0.1, -0.05) is 12.2 Å². The lowest BCUT2D eigenvalue weighted by molar-refractivity contribution is -0.140. The Balaban J connectivity index is 1.92. The summed E-state index contributed by atoms with van der Waals surface area (Å²) in [4.78, 5) is 22.9. The van der Waals surface area contributed by atoms with Gasteiger partial charge in [0.1, 0.15) is 0 Å². The number of carboxylic acid groups (broad SMARTS) is 1. The molecule has 0 spiro atoms. The highest BCUT2D eigenvalue weighted by molar-refractivity contribution is 5.81. The quantitative estimate of drug-likeness (QED) is 0.733. The summed E-state index contributed by atoms with van der Waals surface area (Å²) in [7, 11) is 0. The zero-order chi connectivity index (χ0) is 12.3. The molecule has 1 fully saturated rings. The predicted molar refractivity (Wildman–Crippen MR) is 63.5 cm³/mol. The minimum Gasteiger partial charge on any atom is -0.481 e. The zero-order valence-electron chi connectivity index (χ0n) is 9.95. The van der Waals surface area contributed by atoms with Gasteiger partial charge in [-0.15, -0.1) is 0 Å². The van der Waals surface area contributed by atoms with Gasteiger partial charge in [0.15, 0.2) is 0 Å². The van der Waals surface area contributed by atoms with Crippen LogP contribution in [0, 0.1) is 5.92 Å². The van der Waals surface area contributed by atoms with Gasteiger partial charge in [-0.25, -0.2) is 0 Å². The smallest absolute Gasteiger partial charge is 0.305 e. The van der Waals surface area contributed by atoms with Crippen molar-refractivity contribution < 1.29 is 14.7 Å². The van der Waals surface area contributed by atoms with E-state index >= 15 is 0 Å². The van der Waals surface area contributed by atoms with Gasteiger partial charge in [0.2, 0.25) is 5.91 Å². The maximum Gasteiger partial charge on any atom is 0.305 e. The lowest BCUT2D eigenvalue weighted by Gasteiger charge is -2.42. The number of hydrogen-bond acceptors (Lipinski definition) is 2. The van der Waals surface area contributed by atoms with Crippen molar-refractivity contribution in [3.05, 3.63) is 12.2 Å². The first-order valence-corrected chi connectivity index (χ1v) is 6.30. The van der Waals surface area contributed by atoms with Crippen molar-refractivity contribution in [3.63, 3.8) is 0 Å². The van der Waals surface area contributed by atoms with Crippen molar-refractivity contribution in [1.29, 1.82) is 0 Å². The number of rotatable bonds is 4. The van der Waals surface area contributed by atoms with Crippen LogP contribution in [0.1, 0.15) is 44.9 Å². The molecule has 1 unspecified atom stereocenters. The van der Waals surface area contributed by atoms with E-state index in [1.807, 2.05) is 6.08 Å². The van der Waals surface area contributed by atoms with Crippen LogP contribution in [0.25, 0.3) is 0 Å². The fraction of sp³-hybridized carbons (Fsp3) is 0.692. The molecular weight excluding hydrogens is 218 g/mol. The van der Waals surface area contributed by atoms with E-state index < -0.39 is 11.5 Å². The van der Waals surface area contributed by atoms with Crippen LogP contribution in [-0.2, 0) is 9.59 Å². The predicted octanol–water partition coefficient (Wildman–Crippen LogP) is 1.86. The van der Waals surface area contributed by atoms with Crippen LogP contribution in [-0.4, -0.2) is 22.5 Å². The molecule has 4 heteroatoms. The van der Waals surface area contributed by atoms with Crippen molar-refractivity contribution >= 4 is 11.9 Å². The zero-order valence-corrected chi connectivity index (χ0v) is 9.95. The first kappa shape index (κ1) is 12.1. The second kappa shape index (κ2) is 4.90. The Bertz CT molecular complexity index is 345. The third kappa shape index (κ3) is 2.87. The van der Waals surface area contributed by atoms with Crippen LogP contribution >= 0.6 is 0 Å². The van der Waals surface area contributed by atoms with E-state index in [1.54, 1.807) is 0 Å². The molecule has 0 bridgehead atoms. The third-order valence-corrected chi connectivity index (χ3v) is 3.83. The molecule has 0 aromatic heterocycles. The van der Waals surface area contributed by atoms with Gasteiger partial charge >= 0.3 is 5.97 Å². The Morgan fingerprint density at radius 1 is 1.35 bits per heavy atom. The normalized spacial score (nSPS) is 26.0. The van der Waals surface area contributed by atoms with Crippen LogP contribution in [0.3, 0.4) is 0 Å². The fourth-order valence-corrected chi connectivity index (χ4v) is 2.63. The maximum atomic E-state index is 12.1. The molecule has 0 aliphatic heterocycles. The van der Waals surface area contributed by atoms with E-state index in [4.69, 9.17) is 5.11 Å². The van der Waals surface area contributed by atoms with Gasteiger partial charge in [-0.05, 0) is 38.5 Å². The molecule has 0 aromatic carbocycles. The molecule has 1 amide bonds. The Labute approximate surface area is 101 Å². The molecule has 17 heavy (non-hydrogen) atoms. The minimum absolute atomic E-state index is 0.0336. The average Bonchev–Trinajstić information content (AvgIpc) is 2.26. The molecule has 0 radical (unpaired) electrons. The van der Waals surface area contributed by atoms with E-state index in [0.29, 0.717) is 0 Å². The molecule has 2 rings (SSSR count). The molecule has 0 heterocycles. The fourth-order valence-electron chi connectivity index (χ4n) is 2.63. The largest absolute Gasteiger partial charge is 0.481 e. The van der Waals surface area contributed by atoms with Gasteiger partial charge in [-0.2, -0.15) is 0 Å². The summed E-state index contributed by atoms with van der Waals surface area (Å²) >= 11 is 0. The minimum atomic E-state index is -0.825. The van der Waals surface area contributed by atoms with Crippen LogP contribution in [0.4, 0.5) is 0 Å². The SMILES string of the molecule is O=C(O)CC1(NC(=O)C2CC=CCC2)CCC1. The van der Waals surface area contributed by atoms with Crippen molar-refractivity contribution in [2.75, 3.05) is 0 Å². The third-order valence-electron chi connectivity index (χ3n) is 3.83. The summed E-state index contributed by atoms with van der Waals surface area (Å²) in [5, 5.41) is 11.9. The molecule has 0 aromatic rings. The first-order valence-electron chi connectivity index (χ1n) is 6.30. The van der Waals surface area contributed by atoms with Crippen molar-refractivity contribution in [3.8, 4) is 0 Å². The summed E-state index contributed by atoms with van der Waals surface area (Å²) in [5.41, 5.74) is -0.454. The van der Waals surface area contributed by atoms with Crippen molar-refractivity contribution in [2.45, 2.75) is 50.5 Å².